The van der Waals surface area contributed by atoms with Crippen molar-refractivity contribution >= 4 is 17.3 Å². The first-order valence-corrected chi connectivity index (χ1v) is 12.8. The van der Waals surface area contributed by atoms with E-state index in [1.54, 1.807) is 37.3 Å². The van der Waals surface area contributed by atoms with Gasteiger partial charge in [-0.25, -0.2) is 0 Å². The highest BCUT2D eigenvalue weighted by Gasteiger charge is 2.44. The van der Waals surface area contributed by atoms with Crippen LogP contribution < -0.4 is 19.3 Å². The highest BCUT2D eigenvalue weighted by Crippen LogP contribution is 2.48. The first-order chi connectivity index (χ1) is 18.5. The molecule has 1 amide bonds. The van der Waals surface area contributed by atoms with Gasteiger partial charge in [0.25, 0.3) is 5.91 Å². The third kappa shape index (κ3) is 3.72. The molecule has 2 heterocycles. The van der Waals surface area contributed by atoms with Gasteiger partial charge in [-0.3, -0.25) is 4.79 Å². The van der Waals surface area contributed by atoms with Gasteiger partial charge in [-0.15, -0.1) is 0 Å². The number of amides is 1. The third-order valence-corrected chi connectivity index (χ3v) is 7.79. The first-order valence-electron chi connectivity index (χ1n) is 12.8. The average molecular weight is 507 g/mol. The average Bonchev–Trinajstić information content (AvgIpc) is 2.97. The molecule has 6 nitrogen and oxygen atoms in total. The van der Waals surface area contributed by atoms with Crippen molar-refractivity contribution in [3.63, 3.8) is 0 Å². The standard InChI is InChI=1S/C32H30N2O4/c1-20-31(35)30(33-19-22-10-4-5-11-23(22)24-12-6-8-14-26(24)33)25-13-7-9-15-27(25)34(20)32(36)21-16-17-28(37-2)29(18-21)38-3/h4-18,20,30-31,35H,19H2,1-3H3. The summed E-state index contributed by atoms with van der Waals surface area (Å²) in [6, 6.07) is 29.0. The number of anilines is 2. The molecule has 1 N–H and O–H groups in total. The summed E-state index contributed by atoms with van der Waals surface area (Å²) >= 11 is 0. The monoisotopic (exact) mass is 506 g/mol. The predicted octanol–water partition coefficient (Wildman–Crippen LogP) is 5.84. The quantitative estimate of drug-likeness (QED) is 0.377. The summed E-state index contributed by atoms with van der Waals surface area (Å²) < 4.78 is 10.8. The minimum absolute atomic E-state index is 0.201. The Hall–Kier alpha value is -4.29. The van der Waals surface area contributed by atoms with E-state index in [1.165, 1.54) is 11.1 Å². The Morgan fingerprint density at radius 3 is 2.24 bits per heavy atom. The number of hydrogen-bond acceptors (Lipinski definition) is 5. The van der Waals surface area contributed by atoms with Crippen LogP contribution in [0.25, 0.3) is 11.1 Å². The molecule has 0 spiro atoms. The lowest BCUT2D eigenvalue weighted by atomic mass is 9.84. The van der Waals surface area contributed by atoms with Gasteiger partial charge in [-0.05, 0) is 48.4 Å². The molecule has 0 fully saturated rings. The lowest BCUT2D eigenvalue weighted by Gasteiger charge is -2.49. The highest BCUT2D eigenvalue weighted by atomic mass is 16.5. The smallest absolute Gasteiger partial charge is 0.258 e. The fourth-order valence-corrected chi connectivity index (χ4v) is 5.92. The van der Waals surface area contributed by atoms with E-state index in [2.05, 4.69) is 47.4 Å². The first kappa shape index (κ1) is 24.1. The second kappa shape index (κ2) is 9.54. The highest BCUT2D eigenvalue weighted by molar-refractivity contribution is 6.08. The van der Waals surface area contributed by atoms with Gasteiger partial charge in [0.2, 0.25) is 0 Å². The summed E-state index contributed by atoms with van der Waals surface area (Å²) in [6.07, 6.45) is -0.827. The second-order valence-electron chi connectivity index (χ2n) is 9.78. The largest absolute Gasteiger partial charge is 0.493 e. The van der Waals surface area contributed by atoms with Gasteiger partial charge in [-0.1, -0.05) is 60.7 Å². The summed E-state index contributed by atoms with van der Waals surface area (Å²) in [4.78, 5) is 17.9. The Kier molecular flexibility index (Phi) is 6.04. The van der Waals surface area contributed by atoms with Crippen LogP contribution in [0.15, 0.2) is 91.0 Å². The lowest BCUT2D eigenvalue weighted by Crippen LogP contribution is -2.55. The normalized spacial score (nSPS) is 19.7. The van der Waals surface area contributed by atoms with E-state index in [0.29, 0.717) is 23.6 Å². The molecule has 0 bridgehead atoms. The molecule has 192 valence electrons. The summed E-state index contributed by atoms with van der Waals surface area (Å²) in [6.45, 7) is 2.58. The van der Waals surface area contributed by atoms with Gasteiger partial charge in [0.15, 0.2) is 11.5 Å². The molecule has 4 aromatic carbocycles. The van der Waals surface area contributed by atoms with Crippen molar-refractivity contribution in [2.75, 3.05) is 24.0 Å². The molecule has 0 aliphatic carbocycles. The van der Waals surface area contributed by atoms with E-state index in [1.807, 2.05) is 37.3 Å². The molecule has 2 aliphatic rings. The lowest BCUT2D eigenvalue weighted by molar-refractivity contribution is 0.0834. The topological polar surface area (TPSA) is 62.2 Å². The predicted molar refractivity (Wildman–Crippen MR) is 149 cm³/mol. The number of rotatable bonds is 4. The maximum Gasteiger partial charge on any atom is 0.258 e. The van der Waals surface area contributed by atoms with Gasteiger partial charge in [0.05, 0.1) is 32.4 Å². The van der Waals surface area contributed by atoms with Gasteiger partial charge in [0, 0.05) is 34.6 Å². The molecule has 0 saturated heterocycles. The van der Waals surface area contributed by atoms with Crippen LogP contribution in [0.4, 0.5) is 11.4 Å². The summed E-state index contributed by atoms with van der Waals surface area (Å²) in [5.41, 5.74) is 6.84. The fourth-order valence-electron chi connectivity index (χ4n) is 5.92. The van der Waals surface area contributed by atoms with Crippen LogP contribution in [-0.4, -0.2) is 37.4 Å². The van der Waals surface area contributed by atoms with Gasteiger partial charge in [-0.2, -0.15) is 0 Å². The van der Waals surface area contributed by atoms with Crippen molar-refractivity contribution in [3.8, 4) is 22.6 Å². The van der Waals surface area contributed by atoms with E-state index < -0.39 is 12.1 Å². The van der Waals surface area contributed by atoms with E-state index in [9.17, 15) is 9.90 Å². The van der Waals surface area contributed by atoms with Crippen LogP contribution in [0.2, 0.25) is 0 Å². The molecule has 38 heavy (non-hydrogen) atoms. The van der Waals surface area contributed by atoms with Crippen molar-refractivity contribution in [2.45, 2.75) is 31.7 Å². The molecule has 3 atom stereocenters. The number of hydrogen-bond donors (Lipinski definition) is 1. The van der Waals surface area contributed by atoms with Crippen LogP contribution in [0, 0.1) is 0 Å². The fraction of sp³-hybridized carbons (Fsp3) is 0.219. The molecule has 6 rings (SSSR count). The number of fused-ring (bicyclic) bond motifs is 4. The van der Waals surface area contributed by atoms with Crippen LogP contribution in [-0.2, 0) is 6.54 Å². The van der Waals surface area contributed by atoms with E-state index in [4.69, 9.17) is 9.47 Å². The van der Waals surface area contributed by atoms with Crippen LogP contribution in [0.3, 0.4) is 0 Å². The minimum Gasteiger partial charge on any atom is -0.493 e. The maximum atomic E-state index is 13.9. The number of ether oxygens (including phenoxy) is 2. The van der Waals surface area contributed by atoms with Crippen LogP contribution >= 0.6 is 0 Å². The Bertz CT molecular complexity index is 1520. The maximum absolute atomic E-state index is 13.9. The van der Waals surface area contributed by atoms with Crippen molar-refractivity contribution < 1.29 is 19.4 Å². The Morgan fingerprint density at radius 1 is 0.816 bits per heavy atom. The van der Waals surface area contributed by atoms with E-state index in [0.717, 1.165) is 22.5 Å². The number of methoxy groups -OCH3 is 2. The molecular formula is C32H30N2O4. The Balaban J connectivity index is 1.45. The van der Waals surface area contributed by atoms with Crippen LogP contribution in [0.1, 0.15) is 34.5 Å². The number of aliphatic hydroxyl groups is 1. The molecule has 0 radical (unpaired) electrons. The van der Waals surface area contributed by atoms with E-state index in [-0.39, 0.29) is 11.9 Å². The summed E-state index contributed by atoms with van der Waals surface area (Å²) in [5.74, 6) is 0.839. The molecule has 0 aromatic heterocycles. The van der Waals surface area contributed by atoms with Crippen molar-refractivity contribution in [3.05, 3.63) is 108 Å². The van der Waals surface area contributed by atoms with Gasteiger partial charge >= 0.3 is 0 Å². The zero-order valence-corrected chi connectivity index (χ0v) is 21.7. The molecule has 3 unspecified atom stereocenters. The number of para-hydroxylation sites is 2. The number of carbonyl (C=O) groups excluding carboxylic acids is 1. The zero-order valence-electron chi connectivity index (χ0n) is 21.7. The minimum atomic E-state index is -0.827. The van der Waals surface area contributed by atoms with E-state index >= 15 is 0 Å². The number of aliphatic hydroxyl groups excluding tert-OH is 1. The molecule has 0 saturated carbocycles. The Labute approximate surface area is 222 Å². The number of benzene rings is 4. The number of nitrogens with zero attached hydrogens (tertiary/aromatic N) is 2. The van der Waals surface area contributed by atoms with Crippen molar-refractivity contribution in [1.82, 2.24) is 0 Å². The zero-order chi connectivity index (χ0) is 26.4. The summed E-state index contributed by atoms with van der Waals surface area (Å²) in [5, 5.41) is 11.9. The van der Waals surface area contributed by atoms with Gasteiger partial charge < -0.3 is 24.4 Å². The number of carbonyl (C=O) groups is 1. The van der Waals surface area contributed by atoms with Crippen LogP contribution in [0.5, 0.6) is 11.5 Å². The van der Waals surface area contributed by atoms with Gasteiger partial charge in [0.1, 0.15) is 0 Å². The molecule has 2 aliphatic heterocycles. The van der Waals surface area contributed by atoms with Crippen molar-refractivity contribution in [1.29, 1.82) is 0 Å². The summed E-state index contributed by atoms with van der Waals surface area (Å²) in [7, 11) is 3.11. The molecular weight excluding hydrogens is 476 g/mol. The molecule has 4 aromatic rings. The Morgan fingerprint density at radius 2 is 1.47 bits per heavy atom. The SMILES string of the molecule is COc1ccc(C(=O)N2c3ccccc3C(N3Cc4ccccc4-c4ccccc43)C(O)C2C)cc1OC. The second-order valence-corrected chi connectivity index (χ2v) is 9.78. The molecule has 6 heteroatoms. The van der Waals surface area contributed by atoms with Crippen molar-refractivity contribution in [2.24, 2.45) is 0 Å². The third-order valence-electron chi connectivity index (χ3n) is 7.79.